The van der Waals surface area contributed by atoms with Gasteiger partial charge < -0.3 is 10.9 Å². The first-order valence-corrected chi connectivity index (χ1v) is 8.47. The minimum atomic E-state index is 0.304. The van der Waals surface area contributed by atoms with Gasteiger partial charge in [-0.15, -0.1) is 5.16 Å². The molecule has 0 fully saturated rings. The molecule has 0 saturated carbocycles. The number of oxime groups is 1. The summed E-state index contributed by atoms with van der Waals surface area (Å²) in [6, 6.07) is 0.304. The summed E-state index contributed by atoms with van der Waals surface area (Å²) in [6.07, 6.45) is 20.4. The van der Waals surface area contributed by atoms with Crippen molar-refractivity contribution in [2.45, 2.75) is 77.7 Å². The minimum absolute atomic E-state index is 0.304. The molecule has 0 amide bonds. The molecule has 3 nitrogen and oxygen atoms in total. The van der Waals surface area contributed by atoms with Crippen LogP contribution in [0.15, 0.2) is 29.5 Å². The molecule has 3 N–H and O–H groups in total. The molecule has 0 aromatic heterocycles. The number of hydrogen-bond acceptors (Lipinski definition) is 3. The van der Waals surface area contributed by atoms with Gasteiger partial charge in [0.15, 0.2) is 0 Å². The molecule has 0 heterocycles. The second-order valence-electron chi connectivity index (χ2n) is 5.68. The molecule has 2 atom stereocenters. The van der Waals surface area contributed by atoms with E-state index in [0.717, 1.165) is 38.5 Å². The SMILES string of the molecule is CCCCCC(C=NO)CC=CCCC=CCC(N)CC. The number of nitrogens with zero attached hydrogens (tertiary/aromatic N) is 1. The van der Waals surface area contributed by atoms with Crippen LogP contribution in [0.5, 0.6) is 0 Å². The van der Waals surface area contributed by atoms with E-state index in [1.807, 2.05) is 0 Å². The highest BCUT2D eigenvalue weighted by Crippen LogP contribution is 2.13. The van der Waals surface area contributed by atoms with E-state index < -0.39 is 0 Å². The Balaban J connectivity index is 3.75. The van der Waals surface area contributed by atoms with Gasteiger partial charge in [0.1, 0.15) is 0 Å². The van der Waals surface area contributed by atoms with Gasteiger partial charge in [-0.2, -0.15) is 0 Å². The van der Waals surface area contributed by atoms with E-state index in [1.165, 1.54) is 19.3 Å². The molecule has 2 unspecified atom stereocenters. The molecule has 3 heteroatoms. The lowest BCUT2D eigenvalue weighted by atomic mass is 9.98. The fourth-order valence-electron chi connectivity index (χ4n) is 2.14. The third-order valence-electron chi connectivity index (χ3n) is 3.69. The summed E-state index contributed by atoms with van der Waals surface area (Å²) < 4.78 is 0. The maximum atomic E-state index is 8.68. The van der Waals surface area contributed by atoms with Crippen molar-refractivity contribution in [2.24, 2.45) is 16.8 Å². The van der Waals surface area contributed by atoms with Crippen molar-refractivity contribution in [1.29, 1.82) is 0 Å². The van der Waals surface area contributed by atoms with Crippen LogP contribution in [0, 0.1) is 5.92 Å². The second kappa shape index (κ2) is 15.3. The number of unbranched alkanes of at least 4 members (excludes halogenated alkanes) is 3. The number of hydrogen-bond donors (Lipinski definition) is 2. The highest BCUT2D eigenvalue weighted by molar-refractivity contribution is 5.59. The van der Waals surface area contributed by atoms with Gasteiger partial charge in [-0.05, 0) is 38.5 Å². The van der Waals surface area contributed by atoms with Gasteiger partial charge in [-0.1, -0.05) is 57.4 Å². The van der Waals surface area contributed by atoms with Crippen molar-refractivity contribution < 1.29 is 5.21 Å². The molecule has 0 aromatic rings. The quantitative estimate of drug-likeness (QED) is 0.164. The van der Waals surface area contributed by atoms with Crippen molar-refractivity contribution in [3.63, 3.8) is 0 Å². The Kier molecular flexibility index (Phi) is 14.5. The van der Waals surface area contributed by atoms with E-state index in [9.17, 15) is 0 Å². The molecule has 0 aliphatic heterocycles. The fraction of sp³-hybridized carbons (Fsp3) is 0.722. The van der Waals surface area contributed by atoms with Crippen molar-refractivity contribution in [1.82, 2.24) is 0 Å². The predicted octanol–water partition coefficient (Wildman–Crippen LogP) is 5.05. The van der Waals surface area contributed by atoms with Crippen LogP contribution in [0.1, 0.15) is 71.6 Å². The largest absolute Gasteiger partial charge is 0.411 e. The number of allylic oxidation sites excluding steroid dienone is 3. The summed E-state index contributed by atoms with van der Waals surface area (Å²) in [7, 11) is 0. The molecule has 0 radical (unpaired) electrons. The van der Waals surface area contributed by atoms with Crippen LogP contribution in [-0.4, -0.2) is 17.5 Å². The third-order valence-corrected chi connectivity index (χ3v) is 3.69. The Labute approximate surface area is 131 Å². The van der Waals surface area contributed by atoms with E-state index in [2.05, 4.69) is 43.3 Å². The van der Waals surface area contributed by atoms with Crippen LogP contribution in [0.4, 0.5) is 0 Å². The minimum Gasteiger partial charge on any atom is -0.411 e. The molecule has 21 heavy (non-hydrogen) atoms. The Morgan fingerprint density at radius 1 is 1.00 bits per heavy atom. The van der Waals surface area contributed by atoms with E-state index in [0.29, 0.717) is 12.0 Å². The van der Waals surface area contributed by atoms with Gasteiger partial charge in [-0.25, -0.2) is 0 Å². The Hall–Kier alpha value is -1.09. The zero-order valence-corrected chi connectivity index (χ0v) is 13.9. The normalized spacial score (nSPS) is 15.4. The molecular formula is C18H34N2O. The van der Waals surface area contributed by atoms with Gasteiger partial charge in [-0.3, -0.25) is 0 Å². The van der Waals surface area contributed by atoms with Gasteiger partial charge in [0, 0.05) is 18.2 Å². The first-order valence-electron chi connectivity index (χ1n) is 8.47. The topological polar surface area (TPSA) is 58.6 Å². The Bertz CT molecular complexity index is 298. The van der Waals surface area contributed by atoms with Gasteiger partial charge in [0.2, 0.25) is 0 Å². The zero-order valence-electron chi connectivity index (χ0n) is 13.9. The molecule has 0 saturated heterocycles. The molecule has 0 aliphatic carbocycles. The number of nitrogens with two attached hydrogens (primary N) is 1. The zero-order chi connectivity index (χ0) is 15.8. The van der Waals surface area contributed by atoms with Crippen LogP contribution in [-0.2, 0) is 0 Å². The van der Waals surface area contributed by atoms with Crippen molar-refractivity contribution in [3.8, 4) is 0 Å². The molecule has 122 valence electrons. The smallest absolute Gasteiger partial charge is 0.0469 e. The monoisotopic (exact) mass is 294 g/mol. The Morgan fingerprint density at radius 3 is 2.24 bits per heavy atom. The average Bonchev–Trinajstić information content (AvgIpc) is 2.49. The van der Waals surface area contributed by atoms with Crippen LogP contribution in [0.3, 0.4) is 0 Å². The molecular weight excluding hydrogens is 260 g/mol. The van der Waals surface area contributed by atoms with Crippen molar-refractivity contribution in [3.05, 3.63) is 24.3 Å². The Morgan fingerprint density at radius 2 is 1.67 bits per heavy atom. The van der Waals surface area contributed by atoms with E-state index in [-0.39, 0.29) is 0 Å². The highest BCUT2D eigenvalue weighted by Gasteiger charge is 2.03. The molecule has 0 bridgehead atoms. The molecule has 0 aliphatic rings. The van der Waals surface area contributed by atoms with Crippen molar-refractivity contribution >= 4 is 6.21 Å². The summed E-state index contributed by atoms with van der Waals surface area (Å²) in [5, 5.41) is 11.9. The first kappa shape index (κ1) is 19.9. The summed E-state index contributed by atoms with van der Waals surface area (Å²) in [4.78, 5) is 0. The summed E-state index contributed by atoms with van der Waals surface area (Å²) in [5.41, 5.74) is 5.85. The lowest BCUT2D eigenvalue weighted by Crippen LogP contribution is -2.16. The molecule has 0 rings (SSSR count). The maximum absolute atomic E-state index is 8.68. The van der Waals surface area contributed by atoms with Crippen LogP contribution >= 0.6 is 0 Å². The lowest BCUT2D eigenvalue weighted by Gasteiger charge is -2.07. The summed E-state index contributed by atoms with van der Waals surface area (Å²) in [6.45, 7) is 4.32. The maximum Gasteiger partial charge on any atom is 0.0469 e. The average molecular weight is 294 g/mol. The lowest BCUT2D eigenvalue weighted by molar-refractivity contribution is 0.317. The van der Waals surface area contributed by atoms with Gasteiger partial charge in [0.05, 0.1) is 0 Å². The van der Waals surface area contributed by atoms with E-state index in [4.69, 9.17) is 10.9 Å². The van der Waals surface area contributed by atoms with Crippen LogP contribution in [0.2, 0.25) is 0 Å². The predicted molar refractivity (Wildman–Crippen MR) is 92.9 cm³/mol. The molecule has 0 aromatic carbocycles. The van der Waals surface area contributed by atoms with E-state index >= 15 is 0 Å². The fourth-order valence-corrected chi connectivity index (χ4v) is 2.14. The van der Waals surface area contributed by atoms with Gasteiger partial charge >= 0.3 is 0 Å². The van der Waals surface area contributed by atoms with Crippen LogP contribution < -0.4 is 5.73 Å². The van der Waals surface area contributed by atoms with Crippen LogP contribution in [0.25, 0.3) is 0 Å². The third kappa shape index (κ3) is 13.6. The van der Waals surface area contributed by atoms with Crippen molar-refractivity contribution in [2.75, 3.05) is 0 Å². The van der Waals surface area contributed by atoms with Gasteiger partial charge in [0.25, 0.3) is 0 Å². The summed E-state index contributed by atoms with van der Waals surface area (Å²) >= 11 is 0. The number of rotatable bonds is 13. The second-order valence-corrected chi connectivity index (χ2v) is 5.68. The summed E-state index contributed by atoms with van der Waals surface area (Å²) in [5.74, 6) is 0.371. The van der Waals surface area contributed by atoms with E-state index in [1.54, 1.807) is 6.21 Å². The molecule has 0 spiro atoms. The standard InChI is InChI=1S/C18H34N2O/c1-3-5-10-13-17(16-20-21)14-11-8-6-7-9-12-15-18(19)4-2/h8-9,11-12,16-18,21H,3-7,10,13-15,19H2,1-2H3. The first-order chi connectivity index (χ1) is 10.2. The highest BCUT2D eigenvalue weighted by atomic mass is 16.4.